The predicted octanol–water partition coefficient (Wildman–Crippen LogP) is 0.768. The van der Waals surface area contributed by atoms with Crippen molar-refractivity contribution in [2.75, 3.05) is 17.6 Å². The number of benzene rings is 1. The minimum atomic E-state index is -3.15. The molecule has 1 aromatic rings. The smallest absolute Gasteiger partial charge is 0.219 e. The number of anilines is 1. The fourth-order valence-corrected chi connectivity index (χ4v) is 2.16. The second-order valence-corrected chi connectivity index (χ2v) is 5.85. The molecule has 0 atom stereocenters. The van der Waals surface area contributed by atoms with Crippen LogP contribution in [0.15, 0.2) is 29.2 Å². The van der Waals surface area contributed by atoms with Crippen LogP contribution in [0.3, 0.4) is 0 Å². The second-order valence-electron chi connectivity index (χ2n) is 3.57. The molecule has 17 heavy (non-hydrogen) atoms. The Labute approximate surface area is 101 Å². The number of nitrogens with two attached hydrogens (primary N) is 1. The van der Waals surface area contributed by atoms with Crippen LogP contribution in [0.1, 0.15) is 13.3 Å². The number of hydrogen-bond donors (Lipinski definition) is 2. The average molecular weight is 256 g/mol. The summed E-state index contributed by atoms with van der Waals surface area (Å²) in [6, 6.07) is 6.43. The maximum atomic E-state index is 11.5. The number of carbonyl (C=O) groups excluding carboxylic acids is 1. The summed E-state index contributed by atoms with van der Waals surface area (Å²) in [6.07, 6.45) is 0.245. The van der Waals surface area contributed by atoms with E-state index >= 15 is 0 Å². The summed E-state index contributed by atoms with van der Waals surface area (Å²) in [5.74, 6) is -0.288. The Kier molecular flexibility index (Phi) is 4.51. The lowest BCUT2D eigenvalue weighted by Gasteiger charge is -2.06. The van der Waals surface area contributed by atoms with Crippen molar-refractivity contribution in [3.63, 3.8) is 0 Å². The molecule has 0 saturated heterocycles. The van der Waals surface area contributed by atoms with E-state index in [4.69, 9.17) is 5.73 Å². The van der Waals surface area contributed by atoms with Gasteiger partial charge in [0.2, 0.25) is 5.91 Å². The van der Waals surface area contributed by atoms with Gasteiger partial charge in [-0.3, -0.25) is 4.79 Å². The number of carbonyl (C=O) groups is 1. The van der Waals surface area contributed by atoms with Gasteiger partial charge >= 0.3 is 0 Å². The first-order chi connectivity index (χ1) is 7.95. The summed E-state index contributed by atoms with van der Waals surface area (Å²) in [5.41, 5.74) is 5.76. The Morgan fingerprint density at radius 2 is 1.88 bits per heavy atom. The molecule has 0 unspecified atom stereocenters. The topological polar surface area (TPSA) is 89.3 Å². The van der Waals surface area contributed by atoms with Crippen molar-refractivity contribution in [2.24, 2.45) is 5.73 Å². The van der Waals surface area contributed by atoms with Crippen LogP contribution in [0.5, 0.6) is 0 Å². The Bertz CT molecular complexity index is 480. The highest BCUT2D eigenvalue weighted by atomic mass is 32.2. The molecular weight excluding hydrogens is 240 g/mol. The lowest BCUT2D eigenvalue weighted by Crippen LogP contribution is -2.15. The molecule has 0 radical (unpaired) electrons. The molecule has 0 aliphatic heterocycles. The fourth-order valence-electron chi connectivity index (χ4n) is 1.28. The lowest BCUT2D eigenvalue weighted by atomic mass is 10.3. The molecular formula is C11H16N2O3S. The van der Waals surface area contributed by atoms with Gasteiger partial charge in [0, 0.05) is 18.7 Å². The normalized spacial score (nSPS) is 11.1. The Morgan fingerprint density at radius 1 is 1.29 bits per heavy atom. The molecule has 1 rings (SSSR count). The first-order valence-electron chi connectivity index (χ1n) is 5.30. The first kappa shape index (κ1) is 13.5. The SMILES string of the molecule is CCS(=O)(=O)c1ccc(NCCC(N)=O)cc1. The highest BCUT2D eigenvalue weighted by molar-refractivity contribution is 7.91. The number of nitrogens with one attached hydrogen (secondary N) is 1. The van der Waals surface area contributed by atoms with Gasteiger partial charge < -0.3 is 11.1 Å². The first-order valence-corrected chi connectivity index (χ1v) is 6.96. The van der Waals surface area contributed by atoms with Gasteiger partial charge in [-0.15, -0.1) is 0 Å². The van der Waals surface area contributed by atoms with Crippen molar-refractivity contribution in [3.05, 3.63) is 24.3 Å². The number of hydrogen-bond acceptors (Lipinski definition) is 4. The molecule has 0 aliphatic rings. The zero-order valence-electron chi connectivity index (χ0n) is 9.64. The molecule has 1 aromatic carbocycles. The molecule has 0 fully saturated rings. The van der Waals surface area contributed by atoms with Crippen molar-refractivity contribution in [2.45, 2.75) is 18.2 Å². The third-order valence-electron chi connectivity index (χ3n) is 2.29. The minimum absolute atomic E-state index is 0.0848. The zero-order chi connectivity index (χ0) is 12.9. The third kappa shape index (κ3) is 4.07. The molecule has 0 spiro atoms. The molecule has 6 heteroatoms. The van der Waals surface area contributed by atoms with Gasteiger partial charge in [0.25, 0.3) is 0 Å². The van der Waals surface area contributed by atoms with Crippen molar-refractivity contribution in [1.82, 2.24) is 0 Å². The van der Waals surface area contributed by atoms with Gasteiger partial charge in [-0.2, -0.15) is 0 Å². The van der Waals surface area contributed by atoms with Crippen LogP contribution in [0.25, 0.3) is 0 Å². The molecule has 0 bridgehead atoms. The number of primary amides is 1. The second kappa shape index (κ2) is 5.67. The summed E-state index contributed by atoms with van der Waals surface area (Å²) < 4.78 is 23.1. The molecule has 5 nitrogen and oxygen atoms in total. The summed E-state index contributed by atoms with van der Waals surface area (Å²) in [5, 5.41) is 2.98. The molecule has 3 N–H and O–H groups in total. The van der Waals surface area contributed by atoms with Gasteiger partial charge in [-0.1, -0.05) is 6.92 Å². The minimum Gasteiger partial charge on any atom is -0.385 e. The quantitative estimate of drug-likeness (QED) is 0.786. The van der Waals surface area contributed by atoms with E-state index in [2.05, 4.69) is 5.32 Å². The Hall–Kier alpha value is -1.56. The van der Waals surface area contributed by atoms with Crippen LogP contribution >= 0.6 is 0 Å². The van der Waals surface area contributed by atoms with E-state index in [0.29, 0.717) is 11.4 Å². The number of amides is 1. The van der Waals surface area contributed by atoms with Gasteiger partial charge in [-0.05, 0) is 24.3 Å². The maximum Gasteiger partial charge on any atom is 0.219 e. The van der Waals surface area contributed by atoms with E-state index in [9.17, 15) is 13.2 Å². The van der Waals surface area contributed by atoms with Crippen LogP contribution in [0, 0.1) is 0 Å². The van der Waals surface area contributed by atoms with E-state index in [1.165, 1.54) is 0 Å². The zero-order valence-corrected chi connectivity index (χ0v) is 10.5. The molecule has 94 valence electrons. The van der Waals surface area contributed by atoms with Crippen LogP contribution < -0.4 is 11.1 Å². The molecule has 0 aliphatic carbocycles. The maximum absolute atomic E-state index is 11.5. The third-order valence-corrected chi connectivity index (χ3v) is 4.04. The molecule has 0 aromatic heterocycles. The fraction of sp³-hybridized carbons (Fsp3) is 0.364. The highest BCUT2D eigenvalue weighted by Crippen LogP contribution is 2.15. The van der Waals surface area contributed by atoms with Gasteiger partial charge in [-0.25, -0.2) is 8.42 Å². The number of sulfone groups is 1. The summed E-state index contributed by atoms with van der Waals surface area (Å²) >= 11 is 0. The van der Waals surface area contributed by atoms with Gasteiger partial charge in [0.05, 0.1) is 10.6 Å². The molecule has 0 saturated carbocycles. The van der Waals surface area contributed by atoms with Gasteiger partial charge in [0.1, 0.15) is 0 Å². The highest BCUT2D eigenvalue weighted by Gasteiger charge is 2.10. The predicted molar refractivity (Wildman–Crippen MR) is 66.5 cm³/mol. The van der Waals surface area contributed by atoms with Crippen LogP contribution in [-0.4, -0.2) is 26.6 Å². The van der Waals surface area contributed by atoms with E-state index in [1.807, 2.05) is 0 Å². The van der Waals surface area contributed by atoms with Crippen molar-refractivity contribution in [3.8, 4) is 0 Å². The van der Waals surface area contributed by atoms with Gasteiger partial charge in [0.15, 0.2) is 9.84 Å². The monoisotopic (exact) mass is 256 g/mol. The lowest BCUT2D eigenvalue weighted by molar-refractivity contribution is -0.117. The molecule has 1 amide bonds. The Morgan fingerprint density at radius 3 is 2.35 bits per heavy atom. The van der Waals surface area contributed by atoms with E-state index < -0.39 is 9.84 Å². The van der Waals surface area contributed by atoms with E-state index in [0.717, 1.165) is 5.69 Å². The van der Waals surface area contributed by atoms with Crippen molar-refractivity contribution in [1.29, 1.82) is 0 Å². The van der Waals surface area contributed by atoms with Crippen LogP contribution in [0.2, 0.25) is 0 Å². The van der Waals surface area contributed by atoms with Crippen molar-refractivity contribution < 1.29 is 13.2 Å². The summed E-state index contributed by atoms with van der Waals surface area (Å²) in [4.78, 5) is 10.8. The summed E-state index contributed by atoms with van der Waals surface area (Å²) in [7, 11) is -3.15. The van der Waals surface area contributed by atoms with E-state index in [-0.39, 0.29) is 18.1 Å². The average Bonchev–Trinajstić information content (AvgIpc) is 2.29. The largest absolute Gasteiger partial charge is 0.385 e. The molecule has 0 heterocycles. The summed E-state index contributed by atoms with van der Waals surface area (Å²) in [6.45, 7) is 2.05. The Balaban J connectivity index is 2.66. The van der Waals surface area contributed by atoms with E-state index in [1.54, 1.807) is 31.2 Å². The van der Waals surface area contributed by atoms with Crippen LogP contribution in [0.4, 0.5) is 5.69 Å². The standard InChI is InChI=1S/C11H16N2O3S/c1-2-17(15,16)10-5-3-9(4-6-10)13-8-7-11(12)14/h3-6,13H,2,7-8H2,1H3,(H2,12,14). The number of rotatable bonds is 6. The van der Waals surface area contributed by atoms with Crippen molar-refractivity contribution >= 4 is 21.4 Å². The van der Waals surface area contributed by atoms with Crippen LogP contribution in [-0.2, 0) is 14.6 Å².